The summed E-state index contributed by atoms with van der Waals surface area (Å²) < 4.78 is 1.42. The molecule has 1 aliphatic carbocycles. The first-order valence-electron chi connectivity index (χ1n) is 16.2. The summed E-state index contributed by atoms with van der Waals surface area (Å²) in [7, 11) is 0. The van der Waals surface area contributed by atoms with Crippen LogP contribution >= 0.6 is 0 Å². The Hall–Kier alpha value is -2.44. The third kappa shape index (κ3) is 10.5. The van der Waals surface area contributed by atoms with Crippen LogP contribution in [0.1, 0.15) is 103 Å². The average Bonchev–Trinajstić information content (AvgIpc) is 3.57. The van der Waals surface area contributed by atoms with Gasteiger partial charge in [-0.2, -0.15) is 35.4 Å². The summed E-state index contributed by atoms with van der Waals surface area (Å²) in [5, 5.41) is 0. The Bertz CT molecular complexity index is 1640. The van der Waals surface area contributed by atoms with E-state index in [1.807, 2.05) is 12.1 Å². The van der Waals surface area contributed by atoms with Crippen LogP contribution in [-0.4, -0.2) is 3.21 Å². The van der Waals surface area contributed by atoms with Gasteiger partial charge in [-0.1, -0.05) is 78.5 Å². The normalized spacial score (nSPS) is 11.4. The van der Waals surface area contributed by atoms with Gasteiger partial charge in [0, 0.05) is 0 Å². The quantitative estimate of drug-likeness (QED) is 0.209. The van der Waals surface area contributed by atoms with Gasteiger partial charge in [0.1, 0.15) is 0 Å². The first-order chi connectivity index (χ1) is 21.0. The van der Waals surface area contributed by atoms with Crippen molar-refractivity contribution in [2.45, 2.75) is 93.4 Å². The number of hydrogen-bond donors (Lipinski definition) is 0. The van der Waals surface area contributed by atoms with E-state index in [0.29, 0.717) is 0 Å². The predicted octanol–water partition coefficient (Wildman–Crippen LogP) is 5.41. The Balaban J connectivity index is 0.000000278. The van der Waals surface area contributed by atoms with Crippen LogP contribution in [0, 0.1) is 40.7 Å². The van der Waals surface area contributed by atoms with Crippen molar-refractivity contribution in [2.24, 2.45) is 0 Å². The molecule has 0 unspecified atom stereocenters. The molecule has 0 spiro atoms. The van der Waals surface area contributed by atoms with Crippen LogP contribution in [0.4, 0.5) is 0 Å². The number of fused-ring (bicyclic) bond motifs is 3. The average molecular weight is 741 g/mol. The van der Waals surface area contributed by atoms with Crippen molar-refractivity contribution in [1.29, 1.82) is 0 Å². The molecule has 0 saturated carbocycles. The summed E-state index contributed by atoms with van der Waals surface area (Å²) in [6.07, 6.45) is 1.03. The Morgan fingerprint density at radius 2 is 1.11 bits per heavy atom. The van der Waals surface area contributed by atoms with E-state index in [4.69, 9.17) is 0 Å². The smallest absolute Gasteiger partial charge is 1.00 e. The minimum atomic E-state index is 0. The maximum absolute atomic E-state index is 3.69. The third-order valence-corrected chi connectivity index (χ3v) is 10.0. The number of benzene rings is 4. The van der Waals surface area contributed by atoms with E-state index in [9.17, 15) is 0 Å². The molecule has 1 aliphatic rings. The standard InChI is InChI=1S/C23H29.C15H14.C6H7.2ClH.Zr/c1-14-9-16-11-17-10-15(2)21(23(6,7)8)13-19(17)18(16)12-20(14)22(3,4)5;1-12-3-7-14(8-4-12)11-15-9-5-13(2)6-10-15;1-6-4-2-3-5-6;;;/h9,12-13H,11H2,1-8H3;3-10H,1-2H3;2-5H,1H3;2*1H;/q-1;;-1;;;+2/p-2. The largest absolute Gasteiger partial charge is 1.00 e. The molecule has 246 valence electrons. The van der Waals surface area contributed by atoms with E-state index in [0.717, 1.165) is 6.42 Å². The molecule has 0 bridgehead atoms. The molecule has 0 atom stereocenters. The van der Waals surface area contributed by atoms with Crippen molar-refractivity contribution in [2.75, 3.05) is 0 Å². The molecule has 3 heteroatoms. The number of hydrogen-bond acceptors (Lipinski definition) is 0. The van der Waals surface area contributed by atoms with Crippen molar-refractivity contribution < 1.29 is 49.0 Å². The SMILES string of the molecule is C[c-]1cccc1.Cc1[c-]c2c(cc1C(C)(C)C)-c1cc(C(C)(C)C)c(C)cc1C2.Cc1ccc([C](=[Zr+2])c2ccc(C)cc2)cc1.[Cl-].[Cl-]. The van der Waals surface area contributed by atoms with Gasteiger partial charge in [0.15, 0.2) is 0 Å². The van der Waals surface area contributed by atoms with Crippen LogP contribution < -0.4 is 24.8 Å². The van der Waals surface area contributed by atoms with Gasteiger partial charge in [-0.05, 0) is 35.4 Å². The van der Waals surface area contributed by atoms with Gasteiger partial charge in [0.05, 0.1) is 0 Å². The van der Waals surface area contributed by atoms with Crippen molar-refractivity contribution in [3.63, 3.8) is 0 Å². The molecule has 0 aliphatic heterocycles. The third-order valence-electron chi connectivity index (χ3n) is 8.59. The van der Waals surface area contributed by atoms with Gasteiger partial charge in [-0.25, -0.2) is 12.1 Å². The summed E-state index contributed by atoms with van der Waals surface area (Å²) in [5.74, 6) is 0. The van der Waals surface area contributed by atoms with E-state index in [1.54, 1.807) is 0 Å². The molecule has 0 radical (unpaired) electrons. The maximum atomic E-state index is 3.69. The molecule has 0 amide bonds. The molecule has 5 aromatic rings. The van der Waals surface area contributed by atoms with Crippen molar-refractivity contribution >= 4 is 3.21 Å². The van der Waals surface area contributed by atoms with Crippen LogP contribution in [-0.2, 0) is 41.5 Å². The zero-order valence-electron chi connectivity index (χ0n) is 30.1. The molecule has 0 fully saturated rings. The van der Waals surface area contributed by atoms with E-state index >= 15 is 0 Å². The van der Waals surface area contributed by atoms with Crippen molar-refractivity contribution in [1.82, 2.24) is 0 Å². The zero-order chi connectivity index (χ0) is 33.1. The molecule has 0 heterocycles. The molecule has 0 saturated heterocycles. The molecule has 6 rings (SSSR count). The fourth-order valence-corrected chi connectivity index (χ4v) is 6.92. The van der Waals surface area contributed by atoms with Gasteiger partial charge >= 0.3 is 112 Å². The summed E-state index contributed by atoms with van der Waals surface area (Å²) in [6.45, 7) is 24.6. The van der Waals surface area contributed by atoms with Gasteiger partial charge in [-0.3, -0.25) is 0 Å². The van der Waals surface area contributed by atoms with Crippen LogP contribution in [0.3, 0.4) is 0 Å². The fourth-order valence-electron chi connectivity index (χ4n) is 6.10. The molecule has 47 heavy (non-hydrogen) atoms. The van der Waals surface area contributed by atoms with E-state index in [-0.39, 0.29) is 35.6 Å². The fraction of sp³-hybridized carbons (Fsp3) is 0.318. The number of halogens is 2. The first-order valence-corrected chi connectivity index (χ1v) is 17.4. The Morgan fingerprint density at radius 3 is 1.51 bits per heavy atom. The predicted molar refractivity (Wildman–Crippen MR) is 193 cm³/mol. The summed E-state index contributed by atoms with van der Waals surface area (Å²) in [5.41, 5.74) is 18.3. The van der Waals surface area contributed by atoms with Crippen molar-refractivity contribution in [3.05, 3.63) is 158 Å². The van der Waals surface area contributed by atoms with Crippen LogP contribution in [0.5, 0.6) is 0 Å². The van der Waals surface area contributed by atoms with E-state index in [1.165, 1.54) is 99.8 Å². The molecule has 0 nitrogen and oxygen atoms in total. The number of aryl methyl sites for hydroxylation is 5. The van der Waals surface area contributed by atoms with Gasteiger partial charge in [-0.15, -0.1) is 16.7 Å². The van der Waals surface area contributed by atoms with E-state index < -0.39 is 0 Å². The monoisotopic (exact) mass is 738 g/mol. The molecular formula is C44H50Cl2Zr-2. The molecule has 5 aromatic carbocycles. The second-order valence-corrected chi connectivity index (χ2v) is 16.0. The maximum Gasteiger partial charge on any atom is -1.00 e. The summed E-state index contributed by atoms with van der Waals surface area (Å²) in [6, 6.07) is 36.7. The zero-order valence-corrected chi connectivity index (χ0v) is 34.1. The second kappa shape index (κ2) is 16.8. The first kappa shape index (κ1) is 40.7. The van der Waals surface area contributed by atoms with Crippen LogP contribution in [0.15, 0.2) is 91.0 Å². The van der Waals surface area contributed by atoms with Crippen LogP contribution in [0.25, 0.3) is 11.1 Å². The van der Waals surface area contributed by atoms with Gasteiger partial charge < -0.3 is 24.8 Å². The molecule has 0 aromatic heterocycles. The second-order valence-electron chi connectivity index (χ2n) is 14.8. The number of rotatable bonds is 2. The molecule has 0 N–H and O–H groups in total. The minimum Gasteiger partial charge on any atom is -1.00 e. The Kier molecular flexibility index (Phi) is 14.6. The Morgan fingerprint density at radius 1 is 0.660 bits per heavy atom. The summed E-state index contributed by atoms with van der Waals surface area (Å²) >= 11 is 1.46. The summed E-state index contributed by atoms with van der Waals surface area (Å²) in [4.78, 5) is 0. The van der Waals surface area contributed by atoms with Crippen LogP contribution in [0.2, 0.25) is 0 Å². The van der Waals surface area contributed by atoms with E-state index in [2.05, 4.69) is 161 Å². The van der Waals surface area contributed by atoms with Gasteiger partial charge in [0.2, 0.25) is 0 Å². The van der Waals surface area contributed by atoms with Gasteiger partial charge in [0.25, 0.3) is 0 Å². The topological polar surface area (TPSA) is 0 Å². The minimum absolute atomic E-state index is 0. The molecular weight excluding hydrogens is 691 g/mol. The van der Waals surface area contributed by atoms with Crippen molar-refractivity contribution in [3.8, 4) is 11.1 Å². The Labute approximate surface area is 313 Å².